The maximum absolute atomic E-state index is 11.9. The Labute approximate surface area is 166 Å². The molecule has 1 saturated heterocycles. The zero-order valence-electron chi connectivity index (χ0n) is 16.8. The Kier molecular flexibility index (Phi) is 6.81. The first-order chi connectivity index (χ1) is 13.6. The Morgan fingerprint density at radius 1 is 1.29 bits per heavy atom. The first-order valence-electron chi connectivity index (χ1n) is 9.73. The maximum atomic E-state index is 11.9. The number of nitrogens with zero attached hydrogens (tertiary/aromatic N) is 3. The molecule has 28 heavy (non-hydrogen) atoms. The standard InChI is InChI=1S/C21H28N4O3/c1-4-28-19-13-16(6-5-15(19)2)14-25(17-7-10-22-11-8-17)21-23-12-9-18(24-21)20(26)27-3/h5-6,9,12-13,17,22H,4,7-8,10-11,14H2,1-3H3. The largest absolute Gasteiger partial charge is 0.494 e. The highest BCUT2D eigenvalue weighted by atomic mass is 16.5. The number of rotatable bonds is 7. The van der Waals surface area contributed by atoms with Crippen molar-refractivity contribution in [3.8, 4) is 5.75 Å². The molecule has 2 heterocycles. The lowest BCUT2D eigenvalue weighted by Gasteiger charge is -2.35. The highest BCUT2D eigenvalue weighted by molar-refractivity contribution is 5.87. The van der Waals surface area contributed by atoms with Crippen LogP contribution in [0.5, 0.6) is 5.75 Å². The Morgan fingerprint density at radius 2 is 2.07 bits per heavy atom. The number of carbonyl (C=O) groups is 1. The molecule has 1 aromatic carbocycles. The molecule has 150 valence electrons. The van der Waals surface area contributed by atoms with Gasteiger partial charge in [-0.2, -0.15) is 0 Å². The van der Waals surface area contributed by atoms with Gasteiger partial charge in [0.1, 0.15) is 5.75 Å². The summed E-state index contributed by atoms with van der Waals surface area (Å²) in [5, 5.41) is 3.40. The van der Waals surface area contributed by atoms with Gasteiger partial charge in [0.25, 0.3) is 0 Å². The van der Waals surface area contributed by atoms with Crippen molar-refractivity contribution in [1.82, 2.24) is 15.3 Å². The average molecular weight is 384 g/mol. The number of carbonyl (C=O) groups excluding carboxylic acids is 1. The van der Waals surface area contributed by atoms with Crippen LogP contribution in [0, 0.1) is 6.92 Å². The van der Waals surface area contributed by atoms with Crippen LogP contribution >= 0.6 is 0 Å². The molecule has 0 spiro atoms. The fourth-order valence-electron chi connectivity index (χ4n) is 3.44. The number of aromatic nitrogens is 2. The Hall–Kier alpha value is -2.67. The minimum atomic E-state index is -0.456. The number of hydrogen-bond donors (Lipinski definition) is 1. The highest BCUT2D eigenvalue weighted by Crippen LogP contribution is 2.25. The van der Waals surface area contributed by atoms with Crippen LogP contribution in [0.3, 0.4) is 0 Å². The number of ether oxygens (including phenoxy) is 2. The van der Waals surface area contributed by atoms with E-state index >= 15 is 0 Å². The monoisotopic (exact) mass is 384 g/mol. The van der Waals surface area contributed by atoms with E-state index in [4.69, 9.17) is 9.47 Å². The van der Waals surface area contributed by atoms with Crippen LogP contribution in [0.25, 0.3) is 0 Å². The van der Waals surface area contributed by atoms with E-state index < -0.39 is 5.97 Å². The molecule has 7 nitrogen and oxygen atoms in total. The van der Waals surface area contributed by atoms with Crippen LogP contribution in [0.15, 0.2) is 30.5 Å². The topological polar surface area (TPSA) is 76.6 Å². The lowest BCUT2D eigenvalue weighted by Crippen LogP contribution is -2.43. The van der Waals surface area contributed by atoms with Gasteiger partial charge in [-0.25, -0.2) is 14.8 Å². The van der Waals surface area contributed by atoms with Crippen LogP contribution in [0.1, 0.15) is 41.4 Å². The van der Waals surface area contributed by atoms with E-state index in [1.165, 1.54) is 7.11 Å². The first-order valence-corrected chi connectivity index (χ1v) is 9.73. The van der Waals surface area contributed by atoms with Crippen molar-refractivity contribution >= 4 is 11.9 Å². The SMILES string of the molecule is CCOc1cc(CN(c2nccc(C(=O)OC)n2)C2CCNCC2)ccc1C. The molecule has 0 saturated carbocycles. The van der Waals surface area contributed by atoms with Gasteiger partial charge in [-0.05, 0) is 63.0 Å². The molecular formula is C21H28N4O3. The molecule has 0 unspecified atom stereocenters. The van der Waals surface area contributed by atoms with Crippen LogP contribution in [0.4, 0.5) is 5.95 Å². The summed E-state index contributed by atoms with van der Waals surface area (Å²) in [5.41, 5.74) is 2.51. The number of aryl methyl sites for hydroxylation is 1. The molecule has 1 N–H and O–H groups in total. The Morgan fingerprint density at radius 3 is 2.79 bits per heavy atom. The van der Waals surface area contributed by atoms with Gasteiger partial charge in [-0.15, -0.1) is 0 Å². The number of esters is 1. The van der Waals surface area contributed by atoms with E-state index in [0.29, 0.717) is 25.1 Å². The summed E-state index contributed by atoms with van der Waals surface area (Å²) < 4.78 is 10.6. The van der Waals surface area contributed by atoms with E-state index in [2.05, 4.69) is 38.4 Å². The van der Waals surface area contributed by atoms with Crippen molar-refractivity contribution in [2.45, 2.75) is 39.3 Å². The normalized spacial score (nSPS) is 14.5. The average Bonchev–Trinajstić information content (AvgIpc) is 2.74. The molecule has 1 aliphatic heterocycles. The van der Waals surface area contributed by atoms with Gasteiger partial charge < -0.3 is 19.7 Å². The van der Waals surface area contributed by atoms with Gasteiger partial charge in [0.2, 0.25) is 5.95 Å². The lowest BCUT2D eigenvalue weighted by atomic mass is 10.0. The van der Waals surface area contributed by atoms with E-state index in [-0.39, 0.29) is 5.69 Å². The molecule has 0 atom stereocenters. The van der Waals surface area contributed by atoms with Gasteiger partial charge in [0, 0.05) is 18.8 Å². The highest BCUT2D eigenvalue weighted by Gasteiger charge is 2.24. The number of piperidine rings is 1. The molecule has 1 aromatic heterocycles. The van der Waals surface area contributed by atoms with Crippen molar-refractivity contribution in [3.63, 3.8) is 0 Å². The van der Waals surface area contributed by atoms with Gasteiger partial charge in [0.05, 0.1) is 13.7 Å². The second-order valence-corrected chi connectivity index (χ2v) is 6.88. The van der Waals surface area contributed by atoms with Crippen LogP contribution in [-0.4, -0.2) is 48.8 Å². The molecule has 0 amide bonds. The predicted molar refractivity (Wildman–Crippen MR) is 108 cm³/mol. The molecule has 0 aliphatic carbocycles. The summed E-state index contributed by atoms with van der Waals surface area (Å²) in [4.78, 5) is 23.0. The smallest absolute Gasteiger partial charge is 0.356 e. The first kappa shape index (κ1) is 20.1. The minimum Gasteiger partial charge on any atom is -0.494 e. The van der Waals surface area contributed by atoms with Gasteiger partial charge >= 0.3 is 5.97 Å². The van der Waals surface area contributed by atoms with Crippen LogP contribution in [-0.2, 0) is 11.3 Å². The molecule has 3 rings (SSSR count). The second-order valence-electron chi connectivity index (χ2n) is 6.88. The van der Waals surface area contributed by atoms with Crippen molar-refractivity contribution < 1.29 is 14.3 Å². The van der Waals surface area contributed by atoms with Crippen molar-refractivity contribution in [3.05, 3.63) is 47.3 Å². The van der Waals surface area contributed by atoms with Crippen molar-refractivity contribution in [1.29, 1.82) is 0 Å². The van der Waals surface area contributed by atoms with Crippen molar-refractivity contribution in [2.75, 3.05) is 31.7 Å². The predicted octanol–water partition coefficient (Wildman–Crippen LogP) is 2.73. The van der Waals surface area contributed by atoms with E-state index in [9.17, 15) is 4.79 Å². The Balaban J connectivity index is 1.92. The number of benzene rings is 1. The van der Waals surface area contributed by atoms with E-state index in [0.717, 1.165) is 42.8 Å². The van der Waals surface area contributed by atoms with Crippen LogP contribution < -0.4 is 15.0 Å². The van der Waals surface area contributed by atoms with Gasteiger partial charge in [-0.3, -0.25) is 0 Å². The quantitative estimate of drug-likeness (QED) is 0.736. The summed E-state index contributed by atoms with van der Waals surface area (Å²) in [5.74, 6) is 0.991. The molecule has 0 radical (unpaired) electrons. The molecule has 1 fully saturated rings. The fraction of sp³-hybridized carbons (Fsp3) is 0.476. The van der Waals surface area contributed by atoms with E-state index in [1.54, 1.807) is 12.3 Å². The third kappa shape index (κ3) is 4.78. The molecular weight excluding hydrogens is 356 g/mol. The van der Waals surface area contributed by atoms with Gasteiger partial charge in [0.15, 0.2) is 5.69 Å². The van der Waals surface area contributed by atoms with Crippen molar-refractivity contribution in [2.24, 2.45) is 0 Å². The van der Waals surface area contributed by atoms with E-state index in [1.807, 2.05) is 13.8 Å². The number of methoxy groups -OCH3 is 1. The summed E-state index contributed by atoms with van der Waals surface area (Å²) >= 11 is 0. The van der Waals surface area contributed by atoms with Crippen LogP contribution in [0.2, 0.25) is 0 Å². The molecule has 0 bridgehead atoms. The third-order valence-electron chi connectivity index (χ3n) is 4.95. The van der Waals surface area contributed by atoms with Gasteiger partial charge in [-0.1, -0.05) is 12.1 Å². The fourth-order valence-corrected chi connectivity index (χ4v) is 3.44. The zero-order valence-corrected chi connectivity index (χ0v) is 16.8. The number of hydrogen-bond acceptors (Lipinski definition) is 7. The summed E-state index contributed by atoms with van der Waals surface area (Å²) in [7, 11) is 1.36. The molecule has 2 aromatic rings. The zero-order chi connectivity index (χ0) is 19.9. The third-order valence-corrected chi connectivity index (χ3v) is 4.95. The summed E-state index contributed by atoms with van der Waals surface area (Å²) in [6.45, 7) is 7.22. The number of nitrogens with one attached hydrogen (secondary N) is 1. The maximum Gasteiger partial charge on any atom is 0.356 e. The second kappa shape index (κ2) is 9.50. The lowest BCUT2D eigenvalue weighted by molar-refractivity contribution is 0.0594. The minimum absolute atomic E-state index is 0.269. The summed E-state index contributed by atoms with van der Waals surface area (Å²) in [6, 6.07) is 8.14. The Bertz CT molecular complexity index is 806. The molecule has 1 aliphatic rings. The molecule has 7 heteroatoms. The number of anilines is 1. The summed E-state index contributed by atoms with van der Waals surface area (Å²) in [6.07, 6.45) is 3.61.